The van der Waals surface area contributed by atoms with Gasteiger partial charge in [-0.25, -0.2) is 4.98 Å². The lowest BCUT2D eigenvalue weighted by Gasteiger charge is -2.10. The van der Waals surface area contributed by atoms with Crippen molar-refractivity contribution in [2.24, 2.45) is 0 Å². The molecule has 5 nitrogen and oxygen atoms in total. The van der Waals surface area contributed by atoms with Gasteiger partial charge < -0.3 is 5.32 Å². The average Bonchev–Trinajstić information content (AvgIpc) is 3.13. The lowest BCUT2D eigenvalue weighted by molar-refractivity contribution is -0.120. The Kier molecular flexibility index (Phi) is 6.22. The van der Waals surface area contributed by atoms with Crippen LogP contribution in [-0.2, 0) is 11.3 Å². The summed E-state index contributed by atoms with van der Waals surface area (Å²) in [6.45, 7) is 2.37. The smallest absolute Gasteiger partial charge is 0.233 e. The first-order chi connectivity index (χ1) is 12.7. The molecule has 0 saturated carbocycles. The molecule has 0 bridgehead atoms. The summed E-state index contributed by atoms with van der Waals surface area (Å²) < 4.78 is 0. The quantitative estimate of drug-likeness (QED) is 0.626. The van der Waals surface area contributed by atoms with Crippen molar-refractivity contribution in [3.8, 4) is 0 Å². The van der Waals surface area contributed by atoms with E-state index >= 15 is 0 Å². The van der Waals surface area contributed by atoms with Crippen LogP contribution in [0.1, 0.15) is 23.9 Å². The highest BCUT2D eigenvalue weighted by atomic mass is 32.2. The van der Waals surface area contributed by atoms with Crippen molar-refractivity contribution < 1.29 is 4.79 Å². The Balaban J connectivity index is 1.51. The van der Waals surface area contributed by atoms with E-state index in [4.69, 9.17) is 0 Å². The summed E-state index contributed by atoms with van der Waals surface area (Å²) in [6.07, 6.45) is 3.83. The van der Waals surface area contributed by atoms with Crippen molar-refractivity contribution in [1.82, 2.24) is 20.5 Å². The van der Waals surface area contributed by atoms with E-state index in [1.165, 1.54) is 11.8 Å². The number of hydrogen-bond acceptors (Lipinski definition) is 4. The van der Waals surface area contributed by atoms with Gasteiger partial charge in [-0.15, -0.1) is 5.10 Å². The van der Waals surface area contributed by atoms with E-state index in [9.17, 15) is 4.79 Å². The molecular weight excluding hydrogens is 344 g/mol. The van der Waals surface area contributed by atoms with E-state index in [0.29, 0.717) is 17.5 Å². The lowest BCUT2D eigenvalue weighted by Crippen LogP contribution is -2.30. The second-order valence-electron chi connectivity index (χ2n) is 5.71. The van der Waals surface area contributed by atoms with E-state index in [2.05, 4.69) is 20.5 Å². The second-order valence-corrected chi connectivity index (χ2v) is 7.02. The second kappa shape index (κ2) is 9.01. The first-order valence-electron chi connectivity index (χ1n) is 8.34. The Morgan fingerprint density at radius 1 is 1.12 bits per heavy atom. The Bertz CT molecular complexity index is 862. The number of thioether (sulfide) groups is 1. The van der Waals surface area contributed by atoms with Crippen molar-refractivity contribution in [1.29, 1.82) is 0 Å². The molecule has 0 aliphatic carbocycles. The van der Waals surface area contributed by atoms with Gasteiger partial charge in [0, 0.05) is 6.54 Å². The largest absolute Gasteiger partial charge is 0.351 e. The van der Waals surface area contributed by atoms with Crippen LogP contribution in [-0.4, -0.2) is 26.3 Å². The summed E-state index contributed by atoms with van der Waals surface area (Å²) >= 11 is 1.33. The molecule has 0 spiro atoms. The number of aromatic nitrogens is 3. The van der Waals surface area contributed by atoms with Gasteiger partial charge in [0.05, 0.1) is 5.25 Å². The molecule has 0 radical (unpaired) electrons. The van der Waals surface area contributed by atoms with Gasteiger partial charge in [-0.1, -0.05) is 78.5 Å². The highest BCUT2D eigenvalue weighted by Gasteiger charge is 2.16. The van der Waals surface area contributed by atoms with Crippen molar-refractivity contribution in [2.45, 2.75) is 23.9 Å². The Labute approximate surface area is 156 Å². The molecule has 1 aromatic heterocycles. The number of aromatic amines is 1. The van der Waals surface area contributed by atoms with E-state index < -0.39 is 0 Å². The van der Waals surface area contributed by atoms with Crippen LogP contribution in [0.4, 0.5) is 0 Å². The molecule has 0 aliphatic rings. The zero-order valence-electron chi connectivity index (χ0n) is 14.4. The summed E-state index contributed by atoms with van der Waals surface area (Å²) in [4.78, 5) is 16.6. The summed E-state index contributed by atoms with van der Waals surface area (Å²) in [5, 5.41) is 10.3. The Morgan fingerprint density at radius 3 is 2.54 bits per heavy atom. The maximum atomic E-state index is 12.2. The van der Waals surface area contributed by atoms with Crippen molar-refractivity contribution >= 4 is 29.8 Å². The van der Waals surface area contributed by atoms with E-state index in [0.717, 1.165) is 11.1 Å². The number of rotatable bonds is 7. The van der Waals surface area contributed by atoms with Gasteiger partial charge in [-0.3, -0.25) is 9.89 Å². The number of H-pyrrole nitrogens is 1. The fourth-order valence-corrected chi connectivity index (χ4v) is 3.02. The summed E-state index contributed by atoms with van der Waals surface area (Å²) in [6, 6.07) is 19.8. The molecule has 1 heterocycles. The zero-order valence-corrected chi connectivity index (χ0v) is 15.2. The van der Waals surface area contributed by atoms with Crippen LogP contribution in [0.25, 0.3) is 12.2 Å². The van der Waals surface area contributed by atoms with Crippen molar-refractivity contribution in [3.05, 3.63) is 77.6 Å². The first-order valence-corrected chi connectivity index (χ1v) is 9.22. The van der Waals surface area contributed by atoms with Crippen molar-refractivity contribution in [3.63, 3.8) is 0 Å². The molecule has 3 rings (SSSR count). The van der Waals surface area contributed by atoms with Gasteiger partial charge in [0.25, 0.3) is 0 Å². The third kappa shape index (κ3) is 5.32. The highest BCUT2D eigenvalue weighted by Crippen LogP contribution is 2.19. The Hall–Kier alpha value is -2.86. The SMILES string of the molecule is CC(Sc1n[nH]c(/C=C/c2ccccc2)n1)C(=O)NCc1ccccc1. The molecule has 0 saturated heterocycles. The van der Waals surface area contributed by atoms with Crippen LogP contribution in [0.3, 0.4) is 0 Å². The molecule has 0 fully saturated rings. The van der Waals surface area contributed by atoms with E-state index in [1.54, 1.807) is 0 Å². The lowest BCUT2D eigenvalue weighted by atomic mass is 10.2. The molecule has 3 aromatic rings. The third-order valence-electron chi connectivity index (χ3n) is 3.68. The van der Waals surface area contributed by atoms with Gasteiger partial charge >= 0.3 is 0 Å². The Morgan fingerprint density at radius 2 is 1.81 bits per heavy atom. The fourth-order valence-electron chi connectivity index (χ4n) is 2.27. The minimum atomic E-state index is -0.277. The normalized spacial score (nSPS) is 12.2. The van der Waals surface area contributed by atoms with Crippen molar-refractivity contribution in [2.75, 3.05) is 0 Å². The molecule has 132 valence electrons. The van der Waals surface area contributed by atoms with Crippen LogP contribution in [0.5, 0.6) is 0 Å². The predicted octanol–water partition coefficient (Wildman–Crippen LogP) is 3.77. The van der Waals surface area contributed by atoms with Gasteiger partial charge in [-0.05, 0) is 24.1 Å². The molecule has 2 N–H and O–H groups in total. The molecule has 1 amide bonds. The van der Waals surface area contributed by atoms with Gasteiger partial charge in [0.2, 0.25) is 11.1 Å². The van der Waals surface area contributed by atoms with Crippen LogP contribution >= 0.6 is 11.8 Å². The van der Waals surface area contributed by atoms with Crippen LogP contribution in [0, 0.1) is 0 Å². The topological polar surface area (TPSA) is 70.7 Å². The van der Waals surface area contributed by atoms with Gasteiger partial charge in [-0.2, -0.15) is 0 Å². The summed E-state index contributed by atoms with van der Waals surface area (Å²) in [5.74, 6) is 0.623. The molecule has 1 unspecified atom stereocenters. The van der Waals surface area contributed by atoms with Gasteiger partial charge in [0.15, 0.2) is 0 Å². The number of nitrogens with one attached hydrogen (secondary N) is 2. The third-order valence-corrected chi connectivity index (χ3v) is 4.64. The zero-order chi connectivity index (χ0) is 18.2. The van der Waals surface area contributed by atoms with E-state index in [1.807, 2.05) is 79.7 Å². The molecule has 1 atom stereocenters. The fraction of sp³-hybridized carbons (Fsp3) is 0.150. The standard InChI is InChI=1S/C20H20N4OS/c1-15(19(25)21-14-17-10-6-3-7-11-17)26-20-22-18(23-24-20)13-12-16-8-4-2-5-9-16/h2-13,15H,14H2,1H3,(H,21,25)(H,22,23,24)/b13-12+. The molecule has 26 heavy (non-hydrogen) atoms. The summed E-state index contributed by atoms with van der Waals surface area (Å²) in [5.41, 5.74) is 2.16. The number of nitrogens with zero attached hydrogens (tertiary/aromatic N) is 2. The molecule has 6 heteroatoms. The number of carbonyl (C=O) groups is 1. The number of benzene rings is 2. The summed E-state index contributed by atoms with van der Waals surface area (Å²) in [7, 11) is 0. The minimum Gasteiger partial charge on any atom is -0.351 e. The van der Waals surface area contributed by atoms with Crippen LogP contribution in [0.2, 0.25) is 0 Å². The monoisotopic (exact) mass is 364 g/mol. The maximum Gasteiger partial charge on any atom is 0.233 e. The van der Waals surface area contributed by atoms with E-state index in [-0.39, 0.29) is 11.2 Å². The minimum absolute atomic E-state index is 0.0370. The molecule has 2 aromatic carbocycles. The van der Waals surface area contributed by atoms with Crippen LogP contribution in [0.15, 0.2) is 65.8 Å². The van der Waals surface area contributed by atoms with Crippen LogP contribution < -0.4 is 5.32 Å². The number of hydrogen-bond donors (Lipinski definition) is 2. The highest BCUT2D eigenvalue weighted by molar-refractivity contribution is 8.00. The maximum absolute atomic E-state index is 12.2. The first kappa shape index (κ1) is 17.9. The predicted molar refractivity (Wildman–Crippen MR) is 105 cm³/mol. The van der Waals surface area contributed by atoms with Gasteiger partial charge in [0.1, 0.15) is 5.82 Å². The molecular formula is C20H20N4OS. The molecule has 0 aliphatic heterocycles. The number of amides is 1. The average molecular weight is 364 g/mol. The number of carbonyl (C=O) groups excluding carboxylic acids is 1.